The third kappa shape index (κ3) is 6.57. The third-order valence-electron chi connectivity index (χ3n) is 14.0. The molecule has 7 rings (SSSR count). The molecule has 3 heteroatoms. The van der Waals surface area contributed by atoms with Gasteiger partial charge in [0.25, 0.3) is 0 Å². The Morgan fingerprint density at radius 2 is 1.60 bits per heavy atom. The maximum absolute atomic E-state index is 12.9. The number of allylic oxidation sites excluding steroid dienone is 1. The van der Waals surface area contributed by atoms with Crippen LogP contribution in [0.4, 0.5) is 0 Å². The second-order valence-electron chi connectivity index (χ2n) is 17.3. The molecule has 0 heterocycles. The fourth-order valence-electron chi connectivity index (χ4n) is 11.4. The molecule has 3 nitrogen and oxygen atoms in total. The summed E-state index contributed by atoms with van der Waals surface area (Å²) in [6.45, 7) is 13.1. The van der Waals surface area contributed by atoms with Crippen molar-refractivity contribution in [3.8, 4) is 5.75 Å². The van der Waals surface area contributed by atoms with E-state index in [2.05, 4.69) is 89.2 Å². The Kier molecular flexibility index (Phi) is 9.71. The Hall–Kier alpha value is -2.81. The summed E-state index contributed by atoms with van der Waals surface area (Å²) < 4.78 is 12.2. The van der Waals surface area contributed by atoms with Crippen molar-refractivity contribution in [1.29, 1.82) is 0 Å². The van der Waals surface area contributed by atoms with E-state index in [1.54, 1.807) is 5.57 Å². The predicted octanol–water partition coefficient (Wildman–Crippen LogP) is 12.1. The molecule has 0 bridgehead atoms. The van der Waals surface area contributed by atoms with Crippen molar-refractivity contribution in [1.82, 2.24) is 0 Å². The fraction of sp³-hybridized carbons (Fsp3) is 0.622. The van der Waals surface area contributed by atoms with Gasteiger partial charge >= 0.3 is 5.97 Å². The summed E-state index contributed by atoms with van der Waals surface area (Å²) in [6.07, 6.45) is 18.0. The number of esters is 1. The first-order valence-electron chi connectivity index (χ1n) is 19.6. The number of carbonyl (C=O) groups is 1. The Morgan fingerprint density at radius 3 is 2.40 bits per heavy atom. The average molecular weight is 649 g/mol. The van der Waals surface area contributed by atoms with Gasteiger partial charge in [0, 0.05) is 12.8 Å². The Morgan fingerprint density at radius 1 is 0.833 bits per heavy atom. The Labute approximate surface area is 290 Å². The van der Waals surface area contributed by atoms with E-state index in [4.69, 9.17) is 9.47 Å². The molecule has 48 heavy (non-hydrogen) atoms. The van der Waals surface area contributed by atoms with Crippen molar-refractivity contribution in [2.24, 2.45) is 46.3 Å². The van der Waals surface area contributed by atoms with Gasteiger partial charge < -0.3 is 9.47 Å². The molecule has 0 N–H and O–H groups in total. The van der Waals surface area contributed by atoms with Crippen molar-refractivity contribution < 1.29 is 14.3 Å². The molecule has 8 atom stereocenters. The SMILES string of the molecule is CC(C)CCCC(C)C1CCC2C3CC=C4CC(OC(=O)CCCOc5ccc6cc7ccccc7cc6c5)CCC4(C)C3CCC12C. The van der Waals surface area contributed by atoms with Crippen LogP contribution in [0.5, 0.6) is 5.75 Å². The highest BCUT2D eigenvalue weighted by molar-refractivity contribution is 5.98. The number of ether oxygens (including phenoxy) is 2. The minimum Gasteiger partial charge on any atom is -0.494 e. The lowest BCUT2D eigenvalue weighted by Gasteiger charge is -2.58. The van der Waals surface area contributed by atoms with Gasteiger partial charge in [0.1, 0.15) is 11.9 Å². The van der Waals surface area contributed by atoms with Crippen molar-refractivity contribution in [3.05, 3.63) is 66.2 Å². The zero-order valence-corrected chi connectivity index (χ0v) is 30.4. The van der Waals surface area contributed by atoms with Crippen LogP contribution in [0.25, 0.3) is 21.5 Å². The highest BCUT2D eigenvalue weighted by Crippen LogP contribution is 2.67. The second kappa shape index (κ2) is 13.8. The largest absolute Gasteiger partial charge is 0.494 e. The molecule has 0 saturated heterocycles. The zero-order chi connectivity index (χ0) is 33.5. The summed E-state index contributed by atoms with van der Waals surface area (Å²) in [5, 5.41) is 4.87. The third-order valence-corrected chi connectivity index (χ3v) is 14.0. The average Bonchev–Trinajstić information content (AvgIpc) is 3.43. The zero-order valence-electron chi connectivity index (χ0n) is 30.4. The van der Waals surface area contributed by atoms with Gasteiger partial charge in [-0.15, -0.1) is 0 Å². The predicted molar refractivity (Wildman–Crippen MR) is 199 cm³/mol. The van der Waals surface area contributed by atoms with Gasteiger partial charge in [0.15, 0.2) is 0 Å². The van der Waals surface area contributed by atoms with E-state index < -0.39 is 0 Å². The van der Waals surface area contributed by atoms with Crippen LogP contribution in [0.15, 0.2) is 66.2 Å². The highest BCUT2D eigenvalue weighted by Gasteiger charge is 2.59. The summed E-state index contributed by atoms with van der Waals surface area (Å²) in [6, 6.07) is 19.2. The van der Waals surface area contributed by atoms with Gasteiger partial charge in [-0.2, -0.15) is 0 Å². The van der Waals surface area contributed by atoms with Gasteiger partial charge in [0.05, 0.1) is 6.61 Å². The standard InChI is InChI=1S/C45H60O3/c1-30(2)10-8-11-31(3)40-19-20-41-39-18-16-36-29-38(21-23-44(36,4)42(39)22-24-45(40,41)5)48-43(46)14-9-25-47-37-17-15-34-26-32-12-6-7-13-33(32)27-35(34)28-37/h6-7,12-13,15-17,26-28,30-31,38-42H,8-11,14,18-25,29H2,1-5H3. The van der Waals surface area contributed by atoms with Gasteiger partial charge in [-0.1, -0.05) is 95.9 Å². The van der Waals surface area contributed by atoms with E-state index >= 15 is 0 Å². The summed E-state index contributed by atoms with van der Waals surface area (Å²) in [5.41, 5.74) is 2.41. The molecule has 3 fully saturated rings. The van der Waals surface area contributed by atoms with Gasteiger partial charge in [-0.25, -0.2) is 0 Å². The lowest BCUT2D eigenvalue weighted by atomic mass is 9.47. The van der Waals surface area contributed by atoms with Crippen LogP contribution in [0.1, 0.15) is 118 Å². The number of fused-ring (bicyclic) bond motifs is 7. The van der Waals surface area contributed by atoms with Crippen LogP contribution < -0.4 is 4.74 Å². The monoisotopic (exact) mass is 648 g/mol. The molecule has 0 aliphatic heterocycles. The number of hydrogen-bond acceptors (Lipinski definition) is 3. The first-order chi connectivity index (χ1) is 23.1. The molecule has 4 aliphatic carbocycles. The first kappa shape index (κ1) is 33.7. The molecule has 3 aromatic rings. The van der Waals surface area contributed by atoms with Crippen LogP contribution in [0.2, 0.25) is 0 Å². The normalized spacial score (nSPS) is 32.0. The molecule has 4 aliphatic rings. The number of rotatable bonds is 11. The smallest absolute Gasteiger partial charge is 0.306 e. The van der Waals surface area contributed by atoms with Crippen molar-refractivity contribution in [2.45, 2.75) is 124 Å². The molecule has 0 aromatic heterocycles. The van der Waals surface area contributed by atoms with Gasteiger partial charge in [-0.05, 0) is 144 Å². The van der Waals surface area contributed by atoms with E-state index in [9.17, 15) is 4.79 Å². The molecule has 0 amide bonds. The molecule has 258 valence electrons. The maximum atomic E-state index is 12.9. The molecule has 3 aromatic carbocycles. The van der Waals surface area contributed by atoms with E-state index in [0.29, 0.717) is 24.9 Å². The first-order valence-corrected chi connectivity index (χ1v) is 19.6. The number of benzene rings is 3. The lowest BCUT2D eigenvalue weighted by molar-refractivity contribution is -0.151. The topological polar surface area (TPSA) is 35.5 Å². The molecule has 8 unspecified atom stereocenters. The number of carbonyl (C=O) groups excluding carboxylic acids is 1. The fourth-order valence-corrected chi connectivity index (χ4v) is 11.4. The van der Waals surface area contributed by atoms with Crippen molar-refractivity contribution in [2.75, 3.05) is 6.61 Å². The quantitative estimate of drug-likeness (QED) is 0.0898. The van der Waals surface area contributed by atoms with E-state index in [1.807, 2.05) is 6.07 Å². The summed E-state index contributed by atoms with van der Waals surface area (Å²) in [4.78, 5) is 12.9. The minimum atomic E-state index is -0.0700. The van der Waals surface area contributed by atoms with Gasteiger partial charge in [0.2, 0.25) is 0 Å². The second-order valence-corrected chi connectivity index (χ2v) is 17.3. The van der Waals surface area contributed by atoms with E-state index in [0.717, 1.165) is 60.5 Å². The van der Waals surface area contributed by atoms with Crippen LogP contribution >= 0.6 is 0 Å². The minimum absolute atomic E-state index is 0.0287. The van der Waals surface area contributed by atoms with E-state index in [1.165, 1.54) is 72.9 Å². The summed E-state index contributed by atoms with van der Waals surface area (Å²) in [5.74, 6) is 5.90. The number of hydrogen-bond donors (Lipinski definition) is 0. The van der Waals surface area contributed by atoms with Crippen molar-refractivity contribution >= 4 is 27.5 Å². The Balaban J connectivity index is 0.895. The molecule has 0 radical (unpaired) electrons. The van der Waals surface area contributed by atoms with Crippen LogP contribution in [0.3, 0.4) is 0 Å². The summed E-state index contributed by atoms with van der Waals surface area (Å²) >= 11 is 0. The van der Waals surface area contributed by atoms with Crippen LogP contribution in [0, 0.1) is 46.3 Å². The van der Waals surface area contributed by atoms with Crippen LogP contribution in [-0.4, -0.2) is 18.7 Å². The maximum Gasteiger partial charge on any atom is 0.306 e. The van der Waals surface area contributed by atoms with Crippen molar-refractivity contribution in [3.63, 3.8) is 0 Å². The molecular formula is C45H60O3. The molecule has 0 spiro atoms. The molecular weight excluding hydrogens is 588 g/mol. The molecule has 3 saturated carbocycles. The highest BCUT2D eigenvalue weighted by atomic mass is 16.5. The van der Waals surface area contributed by atoms with Gasteiger partial charge in [-0.3, -0.25) is 4.79 Å². The van der Waals surface area contributed by atoms with E-state index in [-0.39, 0.29) is 17.5 Å². The summed E-state index contributed by atoms with van der Waals surface area (Å²) in [7, 11) is 0. The van der Waals surface area contributed by atoms with Crippen LogP contribution in [-0.2, 0) is 9.53 Å². The lowest BCUT2D eigenvalue weighted by Crippen LogP contribution is -2.51. The Bertz CT molecular complexity index is 1640.